The first-order valence-electron chi connectivity index (χ1n) is 25.8. The number of carbonyl (C=O) groups excluding carboxylic acids is 7. The quantitative estimate of drug-likeness (QED) is 0.0515. The molecule has 414 valence electrons. The van der Waals surface area contributed by atoms with Crippen molar-refractivity contribution >= 4 is 41.8 Å². The molecule has 0 N–H and O–H groups in total. The van der Waals surface area contributed by atoms with Gasteiger partial charge in [0, 0.05) is 6.92 Å². The lowest BCUT2D eigenvalue weighted by Gasteiger charge is -2.49. The highest BCUT2D eigenvalue weighted by atomic mass is 16.8. The van der Waals surface area contributed by atoms with Crippen LogP contribution < -0.4 is 0 Å². The number of benzene rings is 7. The molecular formula is C63H54O18. The molecule has 2 saturated heterocycles. The first-order valence-corrected chi connectivity index (χ1v) is 25.8. The maximum Gasteiger partial charge on any atom is 0.338 e. The molecule has 81 heavy (non-hydrogen) atoms. The van der Waals surface area contributed by atoms with Crippen molar-refractivity contribution in [1.29, 1.82) is 0 Å². The first kappa shape index (κ1) is 56.4. The summed E-state index contributed by atoms with van der Waals surface area (Å²) in [5, 5.41) is 0. The van der Waals surface area contributed by atoms with E-state index in [0.29, 0.717) is 5.56 Å². The van der Waals surface area contributed by atoms with E-state index in [4.69, 9.17) is 52.1 Å². The van der Waals surface area contributed by atoms with Crippen molar-refractivity contribution in [2.45, 2.75) is 74.9 Å². The Morgan fingerprint density at radius 1 is 0.333 bits per heavy atom. The van der Waals surface area contributed by atoms with E-state index in [1.807, 2.05) is 0 Å². The van der Waals surface area contributed by atoms with E-state index in [1.54, 1.807) is 140 Å². The number of hydrogen-bond donors (Lipinski definition) is 0. The SMILES string of the molecule is CC(=O)O[C@@H]1O[C@H](COC(=O)c2ccccc2)[C@H](OC(=O)c2ccccc2)[C@H](O[C@@H]2O[C@H](COC(=O)c3ccccc3)[C@H](OC(=O)c3ccccc3)[C@H](OCc3ccccc3)[C@H]2OC(=O)c2ccccc2)[C@H]1OC(=O)c1ccccc1. The maximum absolute atomic E-state index is 14.6. The predicted molar refractivity (Wildman–Crippen MR) is 285 cm³/mol. The van der Waals surface area contributed by atoms with Crippen LogP contribution in [0.5, 0.6) is 0 Å². The van der Waals surface area contributed by atoms with E-state index in [2.05, 4.69) is 0 Å². The van der Waals surface area contributed by atoms with Gasteiger partial charge >= 0.3 is 41.8 Å². The molecule has 0 bridgehead atoms. The van der Waals surface area contributed by atoms with Crippen LogP contribution in [0, 0.1) is 0 Å². The van der Waals surface area contributed by atoms with Crippen molar-refractivity contribution in [3.8, 4) is 0 Å². The van der Waals surface area contributed by atoms with E-state index in [9.17, 15) is 33.6 Å². The molecule has 18 heteroatoms. The van der Waals surface area contributed by atoms with Crippen molar-refractivity contribution in [2.75, 3.05) is 13.2 Å². The molecule has 0 spiro atoms. The van der Waals surface area contributed by atoms with Crippen molar-refractivity contribution in [1.82, 2.24) is 0 Å². The van der Waals surface area contributed by atoms with Crippen LogP contribution in [0.3, 0.4) is 0 Å². The van der Waals surface area contributed by atoms with Gasteiger partial charge < -0.3 is 52.1 Å². The summed E-state index contributed by atoms with van der Waals surface area (Å²) in [7, 11) is 0. The number of rotatable bonds is 20. The Bertz CT molecular complexity index is 3210. The molecule has 7 aromatic carbocycles. The normalized spacial score (nSPS) is 22.1. The van der Waals surface area contributed by atoms with E-state index in [0.717, 1.165) is 6.92 Å². The smallest absolute Gasteiger partial charge is 0.338 e. The molecule has 0 unspecified atom stereocenters. The van der Waals surface area contributed by atoms with Crippen LogP contribution in [0.25, 0.3) is 0 Å². The lowest BCUT2D eigenvalue weighted by molar-refractivity contribution is -0.356. The van der Waals surface area contributed by atoms with Crippen molar-refractivity contribution in [3.05, 3.63) is 251 Å². The van der Waals surface area contributed by atoms with Crippen molar-refractivity contribution in [2.24, 2.45) is 0 Å². The average Bonchev–Trinajstić information content (AvgIpc) is 3.71. The highest BCUT2D eigenvalue weighted by Crippen LogP contribution is 2.37. The third-order valence-corrected chi connectivity index (χ3v) is 12.8. The molecule has 2 aliphatic heterocycles. The molecule has 0 aromatic heterocycles. The summed E-state index contributed by atoms with van der Waals surface area (Å²) in [5.74, 6) is -6.31. The molecule has 0 radical (unpaired) electrons. The second-order valence-corrected chi connectivity index (χ2v) is 18.4. The maximum atomic E-state index is 14.6. The summed E-state index contributed by atoms with van der Waals surface area (Å²) in [6.45, 7) is -0.500. The monoisotopic (exact) mass is 1100 g/mol. The highest BCUT2D eigenvalue weighted by Gasteiger charge is 2.58. The van der Waals surface area contributed by atoms with Crippen LogP contribution in [0.4, 0.5) is 0 Å². The zero-order chi connectivity index (χ0) is 56.5. The Balaban J connectivity index is 1.20. The van der Waals surface area contributed by atoms with Gasteiger partial charge in [-0.15, -0.1) is 0 Å². The van der Waals surface area contributed by atoms with Gasteiger partial charge in [-0.05, 0) is 78.4 Å². The zero-order valence-corrected chi connectivity index (χ0v) is 43.5. The molecule has 2 fully saturated rings. The fourth-order valence-corrected chi connectivity index (χ4v) is 8.89. The molecule has 2 aliphatic rings. The summed E-state index contributed by atoms with van der Waals surface area (Å²) >= 11 is 0. The fourth-order valence-electron chi connectivity index (χ4n) is 8.89. The van der Waals surface area contributed by atoms with Crippen LogP contribution >= 0.6 is 0 Å². The van der Waals surface area contributed by atoms with Crippen LogP contribution in [0.15, 0.2) is 212 Å². The van der Waals surface area contributed by atoms with Gasteiger partial charge in [0.25, 0.3) is 0 Å². The van der Waals surface area contributed by atoms with Crippen molar-refractivity contribution in [3.63, 3.8) is 0 Å². The zero-order valence-electron chi connectivity index (χ0n) is 43.5. The van der Waals surface area contributed by atoms with E-state index >= 15 is 0 Å². The number of hydrogen-bond acceptors (Lipinski definition) is 18. The summed E-state index contributed by atoms with van der Waals surface area (Å²) in [6, 6.07) is 56.2. The molecule has 0 amide bonds. The van der Waals surface area contributed by atoms with Gasteiger partial charge in [0.15, 0.2) is 30.7 Å². The average molecular weight is 1100 g/mol. The molecule has 2 heterocycles. The molecule has 18 nitrogen and oxygen atoms in total. The van der Waals surface area contributed by atoms with E-state index < -0.39 is 116 Å². The molecule has 7 aromatic rings. The van der Waals surface area contributed by atoms with Gasteiger partial charge in [-0.1, -0.05) is 140 Å². The summed E-state index contributed by atoms with van der Waals surface area (Å²) in [4.78, 5) is 98.2. The van der Waals surface area contributed by atoms with Gasteiger partial charge in [-0.25, -0.2) is 28.8 Å². The Morgan fingerprint density at radius 3 is 0.988 bits per heavy atom. The second kappa shape index (κ2) is 27.5. The number of carbonyl (C=O) groups is 7. The minimum atomic E-state index is -1.98. The van der Waals surface area contributed by atoms with Crippen LogP contribution in [0.1, 0.15) is 74.6 Å². The minimum Gasteiger partial charge on any atom is -0.459 e. The Morgan fingerprint density at radius 2 is 0.630 bits per heavy atom. The second-order valence-electron chi connectivity index (χ2n) is 18.4. The number of ether oxygens (including phenoxy) is 11. The lowest BCUT2D eigenvalue weighted by atomic mass is 9.95. The van der Waals surface area contributed by atoms with Gasteiger partial charge in [-0.2, -0.15) is 0 Å². The molecular weight excluding hydrogens is 1040 g/mol. The van der Waals surface area contributed by atoms with Gasteiger partial charge in [0.2, 0.25) is 6.29 Å². The van der Waals surface area contributed by atoms with Crippen molar-refractivity contribution < 1.29 is 85.7 Å². The van der Waals surface area contributed by atoms with Gasteiger partial charge in [-0.3, -0.25) is 4.79 Å². The van der Waals surface area contributed by atoms with Gasteiger partial charge in [0.1, 0.15) is 37.6 Å². The fraction of sp³-hybridized carbons (Fsp3) is 0.222. The largest absolute Gasteiger partial charge is 0.459 e. The summed E-state index contributed by atoms with van der Waals surface area (Å²) < 4.78 is 69.6. The molecule has 0 aliphatic carbocycles. The Labute approximate surface area is 465 Å². The Hall–Kier alpha value is -9.33. The predicted octanol–water partition coefficient (Wildman–Crippen LogP) is 8.59. The molecule has 9 rings (SSSR count). The standard InChI is InChI=1S/C63H54O18/c1-40(64)74-62-55(80-61(70)47-35-21-8-22-36-47)53(51(78-59(68)45-31-17-6-18-32-45)49(75-62)39-73-57(66)43-27-13-4-14-28-43)81-63-54(79-60(69)46-33-19-7-20-34-46)52(71-37-41-23-9-2-10-24-41)50(77-58(67)44-29-15-5-16-30-44)48(76-63)38-72-56(65)42-25-11-3-12-26-42/h2-36,48-55,62-63H,37-39H2,1H3/t48-,49-,50+,51+,52+,53+,54-,55-,62-,63+/m1/s1. The lowest BCUT2D eigenvalue weighted by Crippen LogP contribution is -2.67. The van der Waals surface area contributed by atoms with E-state index in [1.165, 1.54) is 72.8 Å². The van der Waals surface area contributed by atoms with Crippen LogP contribution in [-0.2, 0) is 63.5 Å². The van der Waals surface area contributed by atoms with Crippen LogP contribution in [-0.4, -0.2) is 116 Å². The minimum absolute atomic E-state index is 0.0240. The van der Waals surface area contributed by atoms with E-state index in [-0.39, 0.29) is 40.0 Å². The van der Waals surface area contributed by atoms with Crippen LogP contribution in [0.2, 0.25) is 0 Å². The molecule has 0 saturated carbocycles. The highest BCUT2D eigenvalue weighted by molar-refractivity contribution is 5.92. The Kier molecular flexibility index (Phi) is 19.2. The third-order valence-electron chi connectivity index (χ3n) is 12.8. The topological polar surface area (TPSA) is 221 Å². The molecule has 10 atom stereocenters. The first-order chi connectivity index (χ1) is 39.5. The number of esters is 7. The third kappa shape index (κ3) is 14.9. The van der Waals surface area contributed by atoms with Gasteiger partial charge in [0.05, 0.1) is 40.0 Å². The summed E-state index contributed by atoms with van der Waals surface area (Å²) in [6.07, 6.45) is -17.6. The summed E-state index contributed by atoms with van der Waals surface area (Å²) in [5.41, 5.74) is 1.16.